The summed E-state index contributed by atoms with van der Waals surface area (Å²) in [5.74, 6) is 0. The molecule has 0 heterocycles. The molecular weight excluding hydrogens is 216 g/mol. The number of nitrogens with zero attached hydrogens (tertiary/aromatic N) is 1. The van der Waals surface area contributed by atoms with Crippen LogP contribution < -0.4 is 5.32 Å². The molecule has 0 amide bonds. The van der Waals surface area contributed by atoms with E-state index in [1.54, 1.807) is 7.11 Å². The summed E-state index contributed by atoms with van der Waals surface area (Å²) < 4.78 is 10.4. The lowest BCUT2D eigenvalue weighted by Crippen LogP contribution is -2.45. The van der Waals surface area contributed by atoms with Crippen molar-refractivity contribution >= 4 is 0 Å². The van der Waals surface area contributed by atoms with Crippen LogP contribution in [0.4, 0.5) is 0 Å². The fourth-order valence-corrected chi connectivity index (χ4v) is 1.73. The highest BCUT2D eigenvalue weighted by atomic mass is 16.5. The normalized spacial score (nSPS) is 14.6. The molecule has 100 valence electrons. The Morgan fingerprint density at radius 2 is 1.88 bits per heavy atom. The molecule has 0 saturated heterocycles. The van der Waals surface area contributed by atoms with Crippen LogP contribution in [0.25, 0.3) is 0 Å². The molecule has 0 aliphatic heterocycles. The van der Waals surface area contributed by atoms with Gasteiger partial charge in [-0.25, -0.2) is 0 Å². The number of hydrogen-bond acceptors (Lipinski definition) is 4. The predicted molar refractivity (Wildman–Crippen MR) is 68.8 cm³/mol. The minimum Gasteiger partial charge on any atom is -0.385 e. The summed E-state index contributed by atoms with van der Waals surface area (Å²) in [4.78, 5) is 0. The van der Waals surface area contributed by atoms with Crippen molar-refractivity contribution in [3.8, 4) is 6.07 Å². The SMILES string of the molecule is COCCCOCCCC(C)(C#N)NC(C)C. The number of nitriles is 1. The molecular formula is C13H26N2O2. The van der Waals surface area contributed by atoms with Gasteiger partial charge in [-0.3, -0.25) is 5.32 Å². The smallest absolute Gasteiger partial charge is 0.104 e. The van der Waals surface area contributed by atoms with E-state index in [4.69, 9.17) is 14.7 Å². The molecule has 0 spiro atoms. The van der Waals surface area contributed by atoms with Crippen LogP contribution in [0.2, 0.25) is 0 Å². The van der Waals surface area contributed by atoms with E-state index in [0.29, 0.717) is 12.6 Å². The maximum atomic E-state index is 9.14. The first-order valence-electron chi connectivity index (χ1n) is 6.29. The van der Waals surface area contributed by atoms with Gasteiger partial charge < -0.3 is 9.47 Å². The zero-order chi connectivity index (χ0) is 13.1. The van der Waals surface area contributed by atoms with Crippen molar-refractivity contribution in [3.63, 3.8) is 0 Å². The second-order valence-corrected chi connectivity index (χ2v) is 4.81. The van der Waals surface area contributed by atoms with Crippen molar-refractivity contribution in [1.82, 2.24) is 5.32 Å². The third-order valence-corrected chi connectivity index (χ3v) is 2.46. The molecule has 0 aromatic heterocycles. The van der Waals surface area contributed by atoms with Gasteiger partial charge in [-0.2, -0.15) is 5.26 Å². The van der Waals surface area contributed by atoms with Crippen LogP contribution in [0.3, 0.4) is 0 Å². The Hall–Kier alpha value is -0.630. The number of methoxy groups -OCH3 is 1. The van der Waals surface area contributed by atoms with Gasteiger partial charge in [0, 0.05) is 33.0 Å². The standard InChI is InChI=1S/C13H26N2O2/c1-12(2)15-13(3,11-14)7-5-9-17-10-6-8-16-4/h12,15H,5-10H2,1-4H3. The fourth-order valence-electron chi connectivity index (χ4n) is 1.73. The van der Waals surface area contributed by atoms with Gasteiger partial charge in [-0.15, -0.1) is 0 Å². The molecule has 0 aliphatic carbocycles. The Morgan fingerprint density at radius 1 is 1.24 bits per heavy atom. The largest absolute Gasteiger partial charge is 0.385 e. The van der Waals surface area contributed by atoms with Crippen molar-refractivity contribution < 1.29 is 9.47 Å². The summed E-state index contributed by atoms with van der Waals surface area (Å²) >= 11 is 0. The first-order chi connectivity index (χ1) is 8.04. The lowest BCUT2D eigenvalue weighted by Gasteiger charge is -2.25. The number of ether oxygens (including phenoxy) is 2. The topological polar surface area (TPSA) is 54.3 Å². The van der Waals surface area contributed by atoms with Gasteiger partial charge in [-0.1, -0.05) is 0 Å². The third-order valence-electron chi connectivity index (χ3n) is 2.46. The Bertz CT molecular complexity index is 226. The lowest BCUT2D eigenvalue weighted by atomic mass is 9.97. The molecule has 4 heteroatoms. The van der Waals surface area contributed by atoms with Gasteiger partial charge >= 0.3 is 0 Å². The molecule has 0 aromatic rings. The van der Waals surface area contributed by atoms with Crippen molar-refractivity contribution in [2.75, 3.05) is 26.9 Å². The molecule has 0 rings (SSSR count). The number of hydrogen-bond donors (Lipinski definition) is 1. The van der Waals surface area contributed by atoms with Crippen molar-refractivity contribution in [2.45, 2.75) is 51.6 Å². The van der Waals surface area contributed by atoms with E-state index in [9.17, 15) is 0 Å². The molecule has 1 N–H and O–H groups in total. The number of rotatable bonds is 10. The van der Waals surface area contributed by atoms with Crippen LogP contribution >= 0.6 is 0 Å². The Morgan fingerprint density at radius 3 is 2.41 bits per heavy atom. The van der Waals surface area contributed by atoms with Gasteiger partial charge in [0.2, 0.25) is 0 Å². The zero-order valence-electron chi connectivity index (χ0n) is 11.6. The third kappa shape index (κ3) is 9.11. The van der Waals surface area contributed by atoms with Crippen LogP contribution in [-0.2, 0) is 9.47 Å². The molecule has 0 aliphatic rings. The molecule has 0 aromatic carbocycles. The van der Waals surface area contributed by atoms with Gasteiger partial charge in [0.1, 0.15) is 5.54 Å². The summed E-state index contributed by atoms with van der Waals surface area (Å²) in [5, 5.41) is 12.4. The van der Waals surface area contributed by atoms with Gasteiger partial charge in [-0.05, 0) is 40.0 Å². The number of nitrogens with one attached hydrogen (secondary N) is 1. The van der Waals surface area contributed by atoms with Gasteiger partial charge in [0.25, 0.3) is 0 Å². The Labute approximate surface area is 105 Å². The Balaban J connectivity index is 3.60. The van der Waals surface area contributed by atoms with E-state index < -0.39 is 5.54 Å². The zero-order valence-corrected chi connectivity index (χ0v) is 11.6. The predicted octanol–water partition coefficient (Wildman–Crippen LogP) is 2.10. The van der Waals surface area contributed by atoms with Gasteiger partial charge in [0.05, 0.1) is 6.07 Å². The molecule has 4 nitrogen and oxygen atoms in total. The quantitative estimate of drug-likeness (QED) is 0.596. The summed E-state index contributed by atoms with van der Waals surface area (Å²) in [6, 6.07) is 2.66. The first kappa shape index (κ1) is 16.4. The van der Waals surface area contributed by atoms with Crippen LogP contribution in [0.1, 0.15) is 40.0 Å². The Kier molecular flexibility index (Phi) is 9.06. The van der Waals surface area contributed by atoms with E-state index in [-0.39, 0.29) is 0 Å². The van der Waals surface area contributed by atoms with Crippen LogP contribution in [0.15, 0.2) is 0 Å². The second-order valence-electron chi connectivity index (χ2n) is 4.81. The molecule has 0 saturated carbocycles. The highest BCUT2D eigenvalue weighted by molar-refractivity contribution is 5.04. The molecule has 1 atom stereocenters. The molecule has 0 bridgehead atoms. The highest BCUT2D eigenvalue weighted by Crippen LogP contribution is 2.12. The second kappa shape index (κ2) is 9.41. The molecule has 0 fully saturated rings. The highest BCUT2D eigenvalue weighted by Gasteiger charge is 2.23. The average molecular weight is 242 g/mol. The van der Waals surface area contributed by atoms with Crippen LogP contribution in [0, 0.1) is 11.3 Å². The summed E-state index contributed by atoms with van der Waals surface area (Å²) in [7, 11) is 1.69. The van der Waals surface area contributed by atoms with Crippen LogP contribution in [0.5, 0.6) is 0 Å². The average Bonchev–Trinajstić information content (AvgIpc) is 2.27. The van der Waals surface area contributed by atoms with Crippen molar-refractivity contribution in [1.29, 1.82) is 5.26 Å². The maximum Gasteiger partial charge on any atom is 0.104 e. The van der Waals surface area contributed by atoms with E-state index in [0.717, 1.165) is 32.5 Å². The summed E-state index contributed by atoms with van der Waals surface area (Å²) in [5.41, 5.74) is -0.440. The lowest BCUT2D eigenvalue weighted by molar-refractivity contribution is 0.0976. The monoisotopic (exact) mass is 242 g/mol. The van der Waals surface area contributed by atoms with E-state index >= 15 is 0 Å². The van der Waals surface area contributed by atoms with Crippen LogP contribution in [-0.4, -0.2) is 38.5 Å². The molecule has 1 unspecified atom stereocenters. The first-order valence-corrected chi connectivity index (χ1v) is 6.29. The fraction of sp³-hybridized carbons (Fsp3) is 0.923. The minimum absolute atomic E-state index is 0.322. The van der Waals surface area contributed by atoms with E-state index in [1.807, 2.05) is 6.92 Å². The summed E-state index contributed by atoms with van der Waals surface area (Å²) in [6.07, 6.45) is 2.64. The minimum atomic E-state index is -0.440. The summed E-state index contributed by atoms with van der Waals surface area (Å²) in [6.45, 7) is 8.23. The van der Waals surface area contributed by atoms with E-state index in [1.165, 1.54) is 0 Å². The maximum absolute atomic E-state index is 9.14. The molecule has 17 heavy (non-hydrogen) atoms. The van der Waals surface area contributed by atoms with E-state index in [2.05, 4.69) is 25.2 Å². The van der Waals surface area contributed by atoms with Crippen molar-refractivity contribution in [2.24, 2.45) is 0 Å². The van der Waals surface area contributed by atoms with Crippen molar-refractivity contribution in [3.05, 3.63) is 0 Å². The van der Waals surface area contributed by atoms with Gasteiger partial charge in [0.15, 0.2) is 0 Å². The molecule has 0 radical (unpaired) electrons.